The number of pyridine rings is 1. The van der Waals surface area contributed by atoms with Crippen molar-refractivity contribution in [2.45, 2.75) is 36.9 Å². The fourth-order valence-electron chi connectivity index (χ4n) is 2.36. The fraction of sp³-hybridized carbons (Fsp3) is 0.312. The van der Waals surface area contributed by atoms with Crippen LogP contribution in [0.15, 0.2) is 34.2 Å². The van der Waals surface area contributed by atoms with E-state index in [-0.39, 0.29) is 16.2 Å². The van der Waals surface area contributed by atoms with Gasteiger partial charge in [-0.2, -0.15) is 13.2 Å². The van der Waals surface area contributed by atoms with Gasteiger partial charge in [0.05, 0.1) is 23.4 Å². The zero-order chi connectivity index (χ0) is 18.2. The summed E-state index contributed by atoms with van der Waals surface area (Å²) in [5.74, 6) is -0.219. The third-order valence-electron chi connectivity index (χ3n) is 3.66. The van der Waals surface area contributed by atoms with E-state index in [4.69, 9.17) is 10.2 Å². The summed E-state index contributed by atoms with van der Waals surface area (Å²) in [6.07, 6.45) is -0.461. The molecule has 0 aliphatic rings. The van der Waals surface area contributed by atoms with Crippen LogP contribution in [-0.2, 0) is 12.6 Å². The number of hydrogen-bond acceptors (Lipinski definition) is 6. The Kier molecular flexibility index (Phi) is 4.59. The number of thioether (sulfide) groups is 1. The van der Waals surface area contributed by atoms with Crippen molar-refractivity contribution < 1.29 is 17.6 Å². The van der Waals surface area contributed by atoms with Crippen molar-refractivity contribution in [3.63, 3.8) is 0 Å². The molecule has 0 saturated heterocycles. The van der Waals surface area contributed by atoms with E-state index in [1.807, 2.05) is 19.9 Å². The van der Waals surface area contributed by atoms with E-state index in [0.717, 1.165) is 35.2 Å². The molecular weight excluding hydrogens is 353 g/mol. The first kappa shape index (κ1) is 17.5. The van der Waals surface area contributed by atoms with Crippen molar-refractivity contribution >= 4 is 28.5 Å². The summed E-state index contributed by atoms with van der Waals surface area (Å²) in [6, 6.07) is 2.60. The summed E-state index contributed by atoms with van der Waals surface area (Å²) >= 11 is 1.07. The number of nitrogen functional groups attached to an aromatic ring is 1. The molecule has 1 unspecified atom stereocenters. The van der Waals surface area contributed by atoms with Crippen LogP contribution < -0.4 is 5.73 Å². The molecule has 0 radical (unpaired) electrons. The molecule has 0 aliphatic carbocycles. The number of halogens is 3. The van der Waals surface area contributed by atoms with Crippen molar-refractivity contribution in [1.82, 2.24) is 15.0 Å². The lowest BCUT2D eigenvalue weighted by molar-refractivity contribution is -0.141. The Labute approximate surface area is 145 Å². The molecule has 0 aliphatic heterocycles. The highest BCUT2D eigenvalue weighted by atomic mass is 32.2. The number of nitrogens with zero attached hydrogens (tertiary/aromatic N) is 3. The van der Waals surface area contributed by atoms with Gasteiger partial charge in [0.25, 0.3) is 0 Å². The Hall–Kier alpha value is -2.29. The molecule has 9 heteroatoms. The van der Waals surface area contributed by atoms with Crippen molar-refractivity contribution in [2.75, 3.05) is 5.73 Å². The minimum Gasteiger partial charge on any atom is -0.462 e. The maximum absolute atomic E-state index is 12.9. The second-order valence-electron chi connectivity index (χ2n) is 5.44. The number of nitrogens with two attached hydrogens (primary N) is 1. The quantitative estimate of drug-likeness (QED) is 0.534. The van der Waals surface area contributed by atoms with Gasteiger partial charge in [0.1, 0.15) is 5.82 Å². The molecule has 0 fully saturated rings. The maximum atomic E-state index is 12.9. The van der Waals surface area contributed by atoms with Crippen LogP contribution in [0.1, 0.15) is 36.0 Å². The van der Waals surface area contributed by atoms with Gasteiger partial charge in [-0.15, -0.1) is 0 Å². The average Bonchev–Trinajstić information content (AvgIpc) is 2.95. The third kappa shape index (κ3) is 3.71. The van der Waals surface area contributed by atoms with E-state index in [1.165, 1.54) is 0 Å². The Balaban J connectivity index is 1.89. The lowest BCUT2D eigenvalue weighted by atomic mass is 10.1. The van der Waals surface area contributed by atoms with Gasteiger partial charge in [-0.25, -0.2) is 9.97 Å². The Morgan fingerprint density at radius 1 is 1.28 bits per heavy atom. The summed E-state index contributed by atoms with van der Waals surface area (Å²) in [4.78, 5) is 11.8. The molecule has 5 nitrogen and oxygen atoms in total. The second kappa shape index (κ2) is 6.55. The number of fused-ring (bicyclic) bond motifs is 1. The van der Waals surface area contributed by atoms with Crippen LogP contribution in [0.5, 0.6) is 0 Å². The van der Waals surface area contributed by atoms with Gasteiger partial charge in [0.15, 0.2) is 16.4 Å². The molecule has 3 aromatic rings. The van der Waals surface area contributed by atoms with Crippen molar-refractivity contribution in [3.05, 3.63) is 41.5 Å². The summed E-state index contributed by atoms with van der Waals surface area (Å²) in [5.41, 5.74) is 6.85. The summed E-state index contributed by atoms with van der Waals surface area (Å²) in [5, 5.41) is 0.654. The molecule has 0 spiro atoms. The van der Waals surface area contributed by atoms with E-state index >= 15 is 0 Å². The van der Waals surface area contributed by atoms with E-state index in [2.05, 4.69) is 15.0 Å². The molecule has 3 aromatic heterocycles. The van der Waals surface area contributed by atoms with E-state index in [0.29, 0.717) is 11.3 Å². The van der Waals surface area contributed by atoms with Crippen LogP contribution in [0.25, 0.3) is 11.0 Å². The van der Waals surface area contributed by atoms with Gasteiger partial charge in [-0.1, -0.05) is 18.7 Å². The van der Waals surface area contributed by atoms with Crippen molar-refractivity contribution in [2.24, 2.45) is 0 Å². The predicted molar refractivity (Wildman–Crippen MR) is 89.1 cm³/mol. The number of alkyl halides is 3. The Morgan fingerprint density at radius 3 is 2.72 bits per heavy atom. The summed E-state index contributed by atoms with van der Waals surface area (Å²) < 4.78 is 44.0. The molecular formula is C16H15F3N4OS. The normalized spacial score (nSPS) is 13.3. The zero-order valence-electron chi connectivity index (χ0n) is 13.5. The number of anilines is 1. The highest BCUT2D eigenvalue weighted by Gasteiger charge is 2.33. The smallest absolute Gasteiger partial charge is 0.433 e. The van der Waals surface area contributed by atoms with E-state index in [1.54, 1.807) is 12.5 Å². The van der Waals surface area contributed by atoms with Gasteiger partial charge in [0, 0.05) is 11.5 Å². The monoisotopic (exact) mass is 368 g/mol. The maximum Gasteiger partial charge on any atom is 0.433 e. The van der Waals surface area contributed by atoms with Crippen molar-refractivity contribution in [3.8, 4) is 0 Å². The van der Waals surface area contributed by atoms with Crippen molar-refractivity contribution in [1.29, 1.82) is 0 Å². The lowest BCUT2D eigenvalue weighted by Gasteiger charge is -2.12. The zero-order valence-corrected chi connectivity index (χ0v) is 14.3. The molecule has 3 heterocycles. The van der Waals surface area contributed by atoms with Crippen LogP contribution in [0, 0.1) is 0 Å². The fourth-order valence-corrected chi connectivity index (χ4v) is 3.23. The molecule has 3 rings (SSSR count). The van der Waals surface area contributed by atoms with Crippen LogP contribution in [0.2, 0.25) is 0 Å². The minimum atomic E-state index is -4.57. The molecule has 0 bridgehead atoms. The van der Waals surface area contributed by atoms with E-state index in [9.17, 15) is 13.2 Å². The minimum absolute atomic E-state index is 0.0374. The van der Waals surface area contributed by atoms with Gasteiger partial charge in [-0.05, 0) is 25.0 Å². The molecule has 132 valence electrons. The molecule has 25 heavy (non-hydrogen) atoms. The first-order valence-corrected chi connectivity index (χ1v) is 8.40. The third-order valence-corrected chi connectivity index (χ3v) is 4.65. The van der Waals surface area contributed by atoms with Gasteiger partial charge in [0.2, 0.25) is 0 Å². The first-order chi connectivity index (χ1) is 11.8. The number of hydrogen-bond donors (Lipinski definition) is 1. The van der Waals surface area contributed by atoms with Crippen LogP contribution in [0.4, 0.5) is 19.0 Å². The predicted octanol–water partition coefficient (Wildman–Crippen LogP) is 4.63. The standard InChI is InChI=1S/C16H15F3N4OS/c1-3-9-7-24-12-6-21-11(4-10(9)12)8(2)25-15-22-13(16(17,18)19)5-14(20)23-15/h4-8H,3H2,1-2H3,(H2,20,22,23). The summed E-state index contributed by atoms with van der Waals surface area (Å²) in [6.45, 7) is 3.84. The van der Waals surface area contributed by atoms with Gasteiger partial charge >= 0.3 is 6.18 Å². The molecule has 2 N–H and O–H groups in total. The number of furan rings is 1. The topological polar surface area (TPSA) is 77.8 Å². The average molecular weight is 368 g/mol. The molecule has 0 saturated carbocycles. The van der Waals surface area contributed by atoms with Crippen LogP contribution in [-0.4, -0.2) is 15.0 Å². The molecule has 1 atom stereocenters. The Morgan fingerprint density at radius 2 is 2.04 bits per heavy atom. The largest absolute Gasteiger partial charge is 0.462 e. The van der Waals surface area contributed by atoms with Crippen LogP contribution in [0.3, 0.4) is 0 Å². The molecule has 0 amide bonds. The lowest BCUT2D eigenvalue weighted by Crippen LogP contribution is -2.11. The number of aryl methyl sites for hydroxylation is 1. The summed E-state index contributed by atoms with van der Waals surface area (Å²) in [7, 11) is 0. The van der Waals surface area contributed by atoms with Crippen LogP contribution >= 0.6 is 11.8 Å². The molecule has 0 aromatic carbocycles. The van der Waals surface area contributed by atoms with Gasteiger partial charge < -0.3 is 10.2 Å². The first-order valence-electron chi connectivity index (χ1n) is 7.52. The number of aromatic nitrogens is 3. The second-order valence-corrected chi connectivity index (χ2v) is 6.75. The SMILES string of the molecule is CCc1coc2cnc(C(C)Sc3nc(N)cc(C(F)(F)F)n3)cc12. The highest BCUT2D eigenvalue weighted by Crippen LogP contribution is 2.36. The van der Waals surface area contributed by atoms with E-state index < -0.39 is 11.9 Å². The highest BCUT2D eigenvalue weighted by molar-refractivity contribution is 7.99. The van der Waals surface area contributed by atoms with Gasteiger partial charge in [-0.3, -0.25) is 4.98 Å². The Bertz CT molecular complexity index is 910. The number of rotatable bonds is 4.